The van der Waals surface area contributed by atoms with E-state index in [0.717, 1.165) is 5.69 Å². The van der Waals surface area contributed by atoms with Crippen LogP contribution < -0.4 is 5.32 Å². The van der Waals surface area contributed by atoms with Crippen molar-refractivity contribution in [1.82, 2.24) is 19.4 Å². The minimum absolute atomic E-state index is 0.0140. The normalized spacial score (nSPS) is 18.1. The van der Waals surface area contributed by atoms with Gasteiger partial charge in [-0.1, -0.05) is 0 Å². The predicted molar refractivity (Wildman–Crippen MR) is 74.9 cm³/mol. The second kappa shape index (κ2) is 5.53. The number of nitrogens with one attached hydrogen (secondary N) is 1. The van der Waals surface area contributed by atoms with Gasteiger partial charge < -0.3 is 5.32 Å². The highest BCUT2D eigenvalue weighted by Crippen LogP contribution is 2.14. The molecule has 0 aromatic carbocycles. The molecule has 1 aliphatic rings. The third-order valence-electron chi connectivity index (χ3n) is 3.74. The van der Waals surface area contributed by atoms with E-state index in [0.29, 0.717) is 31.5 Å². The first-order chi connectivity index (χ1) is 9.29. The number of carbonyl (C=O) groups is 1. The van der Waals surface area contributed by atoms with Crippen LogP contribution in [0.15, 0.2) is 6.20 Å². The highest BCUT2D eigenvalue weighted by molar-refractivity contribution is 7.88. The molecule has 0 bridgehead atoms. The second-order valence-electron chi connectivity index (χ2n) is 5.18. The first-order valence-corrected chi connectivity index (χ1v) is 8.38. The number of aryl methyl sites for hydroxylation is 1. The number of piperidine rings is 1. The Morgan fingerprint density at radius 3 is 2.45 bits per heavy atom. The number of rotatable bonds is 3. The summed E-state index contributed by atoms with van der Waals surface area (Å²) < 4.78 is 25.9. The van der Waals surface area contributed by atoms with Crippen molar-refractivity contribution in [3.8, 4) is 0 Å². The van der Waals surface area contributed by atoms with Gasteiger partial charge in [-0.2, -0.15) is 5.10 Å². The molecule has 1 saturated heterocycles. The average molecular weight is 300 g/mol. The Labute approximate surface area is 119 Å². The van der Waals surface area contributed by atoms with Crippen LogP contribution in [0.4, 0.5) is 0 Å². The molecule has 1 N–H and O–H groups in total. The summed E-state index contributed by atoms with van der Waals surface area (Å²) in [4.78, 5) is 12.1. The Morgan fingerprint density at radius 2 is 2.00 bits per heavy atom. The molecule has 1 fully saturated rings. The number of aromatic nitrogens is 2. The minimum atomic E-state index is -3.13. The van der Waals surface area contributed by atoms with Crippen molar-refractivity contribution in [3.05, 3.63) is 17.5 Å². The van der Waals surface area contributed by atoms with Crippen molar-refractivity contribution in [2.24, 2.45) is 7.05 Å². The zero-order chi connectivity index (χ0) is 14.9. The zero-order valence-electron chi connectivity index (χ0n) is 12.0. The summed E-state index contributed by atoms with van der Waals surface area (Å²) in [5, 5.41) is 6.99. The number of carbonyl (C=O) groups excluding carboxylic acids is 1. The van der Waals surface area contributed by atoms with Gasteiger partial charge in [0.25, 0.3) is 5.91 Å². The molecule has 0 spiro atoms. The molecule has 2 heterocycles. The van der Waals surface area contributed by atoms with Crippen molar-refractivity contribution >= 4 is 15.9 Å². The lowest BCUT2D eigenvalue weighted by atomic mass is 10.1. The van der Waals surface area contributed by atoms with Crippen LogP contribution in [0.5, 0.6) is 0 Å². The Morgan fingerprint density at radius 1 is 1.40 bits per heavy atom. The van der Waals surface area contributed by atoms with Crippen LogP contribution in [-0.2, 0) is 17.1 Å². The van der Waals surface area contributed by atoms with Crippen LogP contribution in [0.25, 0.3) is 0 Å². The van der Waals surface area contributed by atoms with E-state index in [2.05, 4.69) is 10.4 Å². The number of nitrogens with zero attached hydrogens (tertiary/aromatic N) is 3. The third kappa shape index (κ3) is 3.18. The fourth-order valence-electron chi connectivity index (χ4n) is 2.32. The van der Waals surface area contributed by atoms with Gasteiger partial charge in [0, 0.05) is 31.9 Å². The molecule has 1 aromatic heterocycles. The van der Waals surface area contributed by atoms with Gasteiger partial charge in [0.05, 0.1) is 18.0 Å². The number of amides is 1. The van der Waals surface area contributed by atoms with Gasteiger partial charge in [0.2, 0.25) is 10.0 Å². The average Bonchev–Trinajstić information content (AvgIpc) is 2.69. The van der Waals surface area contributed by atoms with Gasteiger partial charge in [0.15, 0.2) is 0 Å². The maximum absolute atomic E-state index is 12.1. The Kier molecular flexibility index (Phi) is 4.14. The monoisotopic (exact) mass is 300 g/mol. The first-order valence-electron chi connectivity index (χ1n) is 6.53. The molecule has 8 heteroatoms. The van der Waals surface area contributed by atoms with Crippen molar-refractivity contribution < 1.29 is 13.2 Å². The van der Waals surface area contributed by atoms with E-state index < -0.39 is 10.0 Å². The van der Waals surface area contributed by atoms with E-state index in [1.54, 1.807) is 17.9 Å². The van der Waals surface area contributed by atoms with Crippen molar-refractivity contribution in [2.75, 3.05) is 19.3 Å². The minimum Gasteiger partial charge on any atom is -0.349 e. The summed E-state index contributed by atoms with van der Waals surface area (Å²) in [5.41, 5.74) is 1.38. The van der Waals surface area contributed by atoms with E-state index in [4.69, 9.17) is 0 Å². The van der Waals surface area contributed by atoms with Gasteiger partial charge in [-0.15, -0.1) is 0 Å². The zero-order valence-corrected chi connectivity index (χ0v) is 12.8. The summed E-state index contributed by atoms with van der Waals surface area (Å²) in [5.74, 6) is -0.145. The summed E-state index contributed by atoms with van der Waals surface area (Å²) >= 11 is 0. The highest BCUT2D eigenvalue weighted by Gasteiger charge is 2.26. The molecular weight excluding hydrogens is 280 g/mol. The van der Waals surface area contributed by atoms with Crippen molar-refractivity contribution in [2.45, 2.75) is 25.8 Å². The molecule has 20 heavy (non-hydrogen) atoms. The van der Waals surface area contributed by atoms with E-state index in [9.17, 15) is 13.2 Å². The summed E-state index contributed by atoms with van der Waals surface area (Å²) in [6, 6.07) is 0.0140. The van der Waals surface area contributed by atoms with E-state index in [-0.39, 0.29) is 11.9 Å². The lowest BCUT2D eigenvalue weighted by Crippen LogP contribution is -2.46. The molecular formula is C12H20N4O3S. The quantitative estimate of drug-likeness (QED) is 0.843. The topological polar surface area (TPSA) is 84.3 Å². The van der Waals surface area contributed by atoms with Gasteiger partial charge in [-0.25, -0.2) is 12.7 Å². The molecule has 7 nitrogen and oxygen atoms in total. The number of hydrogen-bond donors (Lipinski definition) is 1. The summed E-state index contributed by atoms with van der Waals surface area (Å²) in [6.07, 6.45) is 4.04. The van der Waals surface area contributed by atoms with Gasteiger partial charge in [0.1, 0.15) is 0 Å². The molecule has 1 aliphatic heterocycles. The molecule has 2 rings (SSSR count). The third-order valence-corrected chi connectivity index (χ3v) is 5.04. The van der Waals surface area contributed by atoms with Crippen LogP contribution >= 0.6 is 0 Å². The molecule has 0 saturated carbocycles. The van der Waals surface area contributed by atoms with Crippen molar-refractivity contribution in [3.63, 3.8) is 0 Å². The van der Waals surface area contributed by atoms with Crippen LogP contribution in [0, 0.1) is 6.92 Å². The van der Waals surface area contributed by atoms with Crippen LogP contribution in [0.1, 0.15) is 28.9 Å². The fourth-order valence-corrected chi connectivity index (χ4v) is 3.19. The highest BCUT2D eigenvalue weighted by atomic mass is 32.2. The molecule has 112 valence electrons. The van der Waals surface area contributed by atoms with Crippen LogP contribution in [-0.4, -0.2) is 53.8 Å². The largest absolute Gasteiger partial charge is 0.349 e. The van der Waals surface area contributed by atoms with E-state index in [1.165, 1.54) is 10.6 Å². The van der Waals surface area contributed by atoms with Crippen LogP contribution in [0.2, 0.25) is 0 Å². The molecule has 0 atom stereocenters. The van der Waals surface area contributed by atoms with Crippen molar-refractivity contribution in [1.29, 1.82) is 0 Å². The fraction of sp³-hybridized carbons (Fsp3) is 0.667. The smallest absolute Gasteiger partial charge is 0.254 e. The number of sulfonamides is 1. The van der Waals surface area contributed by atoms with Gasteiger partial charge in [-0.3, -0.25) is 9.48 Å². The number of hydrogen-bond acceptors (Lipinski definition) is 4. The molecule has 0 radical (unpaired) electrons. The SMILES string of the molecule is Cc1c(C(=O)NC2CCN(S(C)(=O)=O)CC2)cnn1C. The Bertz CT molecular complexity index is 600. The standard InChI is InChI=1S/C12H20N4O3S/c1-9-11(8-13-15(9)2)12(17)14-10-4-6-16(7-5-10)20(3,18)19/h8,10H,4-7H2,1-3H3,(H,14,17). The van der Waals surface area contributed by atoms with Gasteiger partial charge in [-0.05, 0) is 19.8 Å². The lowest BCUT2D eigenvalue weighted by Gasteiger charge is -2.30. The summed E-state index contributed by atoms with van der Waals surface area (Å²) in [6.45, 7) is 2.75. The van der Waals surface area contributed by atoms with Crippen LogP contribution in [0.3, 0.4) is 0 Å². The molecule has 1 aromatic rings. The maximum atomic E-state index is 12.1. The second-order valence-corrected chi connectivity index (χ2v) is 7.16. The molecule has 1 amide bonds. The summed E-state index contributed by atoms with van der Waals surface area (Å²) in [7, 11) is -1.34. The molecule has 0 unspecified atom stereocenters. The van der Waals surface area contributed by atoms with E-state index >= 15 is 0 Å². The van der Waals surface area contributed by atoms with E-state index in [1.807, 2.05) is 6.92 Å². The predicted octanol–water partition coefficient (Wildman–Crippen LogP) is -0.118. The first kappa shape index (κ1) is 15.0. The maximum Gasteiger partial charge on any atom is 0.254 e. The molecule has 0 aliphatic carbocycles. The lowest BCUT2D eigenvalue weighted by molar-refractivity contribution is 0.0923. The Balaban J connectivity index is 1.93. The Hall–Kier alpha value is -1.41. The van der Waals surface area contributed by atoms with Gasteiger partial charge >= 0.3 is 0 Å².